The van der Waals surface area contributed by atoms with Crippen LogP contribution in [0.5, 0.6) is 0 Å². The van der Waals surface area contributed by atoms with E-state index in [9.17, 15) is 10.1 Å². The van der Waals surface area contributed by atoms with Gasteiger partial charge in [-0.1, -0.05) is 54.6 Å². The van der Waals surface area contributed by atoms with Crippen molar-refractivity contribution in [2.45, 2.75) is 12.8 Å². The number of rotatable bonds is 3. The molecule has 0 saturated carbocycles. The Morgan fingerprint density at radius 3 is 2.62 bits per heavy atom. The summed E-state index contributed by atoms with van der Waals surface area (Å²) in [7, 11) is 0. The summed E-state index contributed by atoms with van der Waals surface area (Å²) in [6.07, 6.45) is 3.49. The molecule has 0 fully saturated rings. The minimum atomic E-state index is -1.48. The largest absolute Gasteiger partial charge is 0.277 e. The molecule has 3 nitrogen and oxygen atoms in total. The van der Waals surface area contributed by atoms with Crippen LogP contribution >= 0.6 is 0 Å². The lowest BCUT2D eigenvalue weighted by molar-refractivity contribution is -0.385. The van der Waals surface area contributed by atoms with E-state index in [0.717, 1.165) is 11.1 Å². The Hall–Kier alpha value is -2.68. The summed E-state index contributed by atoms with van der Waals surface area (Å²) < 4.78 is 15.7. The van der Waals surface area contributed by atoms with Crippen LogP contribution in [0.25, 0.3) is 16.7 Å². The Morgan fingerprint density at radius 2 is 1.90 bits per heavy atom. The standard InChI is InChI=1S/C18H15NO2/c20-19(21)18-13-16(14-7-3-1-4-8-14)11-12-17(18)15-9-5-2-6-10-15/h1-5,7-9,11-13H,6,10H2/i6D2. The summed E-state index contributed by atoms with van der Waals surface area (Å²) in [5.74, 6) is 0. The summed E-state index contributed by atoms with van der Waals surface area (Å²) >= 11 is 0. The maximum atomic E-state index is 11.5. The predicted molar refractivity (Wildman–Crippen MR) is 84.9 cm³/mol. The second-order valence-electron chi connectivity index (χ2n) is 4.79. The Balaban J connectivity index is 2.07. The van der Waals surface area contributed by atoms with Crippen LogP contribution in [-0.2, 0) is 0 Å². The minimum Gasteiger partial charge on any atom is -0.258 e. The summed E-state index contributed by atoms with van der Waals surface area (Å²) in [6, 6.07) is 14.6. The highest BCUT2D eigenvalue weighted by molar-refractivity contribution is 5.78. The van der Waals surface area contributed by atoms with E-state index in [1.807, 2.05) is 36.4 Å². The average Bonchev–Trinajstić information content (AvgIpc) is 2.54. The molecule has 0 aromatic heterocycles. The Morgan fingerprint density at radius 1 is 1.10 bits per heavy atom. The first kappa shape index (κ1) is 11.0. The van der Waals surface area contributed by atoms with Gasteiger partial charge in [-0.05, 0) is 35.6 Å². The molecule has 0 bridgehead atoms. The Labute approximate surface area is 126 Å². The lowest BCUT2D eigenvalue weighted by atomic mass is 9.94. The van der Waals surface area contributed by atoms with Gasteiger partial charge in [-0.15, -0.1) is 0 Å². The van der Waals surface area contributed by atoms with E-state index in [0.29, 0.717) is 11.1 Å². The number of hydrogen-bond donors (Lipinski definition) is 0. The fourth-order valence-electron chi connectivity index (χ4n) is 2.41. The molecule has 0 heterocycles. The molecule has 0 N–H and O–H groups in total. The van der Waals surface area contributed by atoms with Crippen molar-refractivity contribution in [3.63, 3.8) is 0 Å². The molecule has 0 spiro atoms. The van der Waals surface area contributed by atoms with Crippen molar-refractivity contribution >= 4 is 11.3 Å². The number of hydrogen-bond acceptors (Lipinski definition) is 2. The number of nitro groups is 1. The van der Waals surface area contributed by atoms with Gasteiger partial charge in [-0.2, -0.15) is 0 Å². The van der Waals surface area contributed by atoms with Gasteiger partial charge in [0.25, 0.3) is 5.69 Å². The smallest absolute Gasteiger partial charge is 0.258 e. The molecule has 0 aliphatic heterocycles. The summed E-state index contributed by atoms with van der Waals surface area (Å²) in [5, 5.41) is 11.5. The lowest BCUT2D eigenvalue weighted by Gasteiger charge is -2.11. The zero-order valence-electron chi connectivity index (χ0n) is 13.3. The van der Waals surface area contributed by atoms with Crippen LogP contribution in [0.4, 0.5) is 5.69 Å². The number of allylic oxidation sites excluding steroid dienone is 4. The molecule has 21 heavy (non-hydrogen) atoms. The third-order valence-corrected chi connectivity index (χ3v) is 3.45. The van der Waals surface area contributed by atoms with Crippen molar-refractivity contribution < 1.29 is 7.66 Å². The van der Waals surface area contributed by atoms with E-state index in [1.54, 1.807) is 24.3 Å². The van der Waals surface area contributed by atoms with Crippen LogP contribution in [0.1, 0.15) is 21.1 Å². The van der Waals surface area contributed by atoms with Crippen molar-refractivity contribution in [3.8, 4) is 11.1 Å². The van der Waals surface area contributed by atoms with Crippen molar-refractivity contribution in [1.82, 2.24) is 0 Å². The molecule has 1 aliphatic rings. The van der Waals surface area contributed by atoms with Crippen LogP contribution in [-0.4, -0.2) is 4.92 Å². The van der Waals surface area contributed by atoms with Crippen LogP contribution < -0.4 is 0 Å². The first-order valence-corrected chi connectivity index (χ1v) is 6.69. The first-order valence-electron chi connectivity index (χ1n) is 7.69. The molecule has 0 radical (unpaired) electrons. The molecule has 0 unspecified atom stereocenters. The molecule has 2 aromatic carbocycles. The third kappa shape index (κ3) is 2.77. The molecule has 104 valence electrons. The van der Waals surface area contributed by atoms with Crippen LogP contribution in [0, 0.1) is 10.1 Å². The average molecular weight is 279 g/mol. The fraction of sp³-hybridized carbons (Fsp3) is 0.111. The number of nitrogens with zero attached hydrogens (tertiary/aromatic N) is 1. The van der Waals surface area contributed by atoms with Gasteiger partial charge in [-0.3, -0.25) is 10.1 Å². The van der Waals surface area contributed by atoms with Crippen LogP contribution in [0.2, 0.25) is 0 Å². The minimum absolute atomic E-state index is 0.00343. The molecule has 0 atom stereocenters. The molecular weight excluding hydrogens is 262 g/mol. The maximum absolute atomic E-state index is 11.5. The van der Waals surface area contributed by atoms with E-state index in [1.165, 1.54) is 6.08 Å². The topological polar surface area (TPSA) is 43.1 Å². The van der Waals surface area contributed by atoms with E-state index >= 15 is 0 Å². The van der Waals surface area contributed by atoms with E-state index in [2.05, 4.69) is 0 Å². The second-order valence-corrected chi connectivity index (χ2v) is 4.79. The van der Waals surface area contributed by atoms with Gasteiger partial charge >= 0.3 is 0 Å². The number of benzene rings is 2. The zero-order valence-corrected chi connectivity index (χ0v) is 11.3. The van der Waals surface area contributed by atoms with Gasteiger partial charge in [0.15, 0.2) is 0 Å². The number of nitro benzene ring substituents is 1. The molecular formula is C18H15NO2. The predicted octanol–water partition coefficient (Wildman–Crippen LogP) is 5.00. The summed E-state index contributed by atoms with van der Waals surface area (Å²) in [5.41, 5.74) is 2.81. The van der Waals surface area contributed by atoms with Crippen molar-refractivity contribution in [2.24, 2.45) is 0 Å². The zero-order chi connectivity index (χ0) is 16.4. The molecule has 0 saturated heterocycles. The SMILES string of the molecule is [2H]C1([2H])C=CC=C(c2ccc(-c3ccccc3)cc2[N+](=O)[O-])C1. The highest BCUT2D eigenvalue weighted by Gasteiger charge is 2.18. The van der Waals surface area contributed by atoms with Crippen LogP contribution in [0.15, 0.2) is 66.8 Å². The van der Waals surface area contributed by atoms with E-state index in [4.69, 9.17) is 2.74 Å². The fourth-order valence-corrected chi connectivity index (χ4v) is 2.41. The van der Waals surface area contributed by atoms with Crippen molar-refractivity contribution in [1.29, 1.82) is 0 Å². The molecule has 0 amide bonds. The normalized spacial score (nSPS) is 17.6. The van der Waals surface area contributed by atoms with Gasteiger partial charge in [0.2, 0.25) is 0 Å². The van der Waals surface area contributed by atoms with Gasteiger partial charge in [0, 0.05) is 8.81 Å². The van der Waals surface area contributed by atoms with Crippen molar-refractivity contribution in [2.75, 3.05) is 0 Å². The van der Waals surface area contributed by atoms with E-state index in [-0.39, 0.29) is 12.1 Å². The third-order valence-electron chi connectivity index (χ3n) is 3.45. The second kappa shape index (κ2) is 5.75. The van der Waals surface area contributed by atoms with Crippen LogP contribution in [0.3, 0.4) is 0 Å². The van der Waals surface area contributed by atoms with Gasteiger partial charge in [0.1, 0.15) is 0 Å². The molecule has 3 heteroatoms. The first-order chi connectivity index (χ1) is 11.0. The maximum Gasteiger partial charge on any atom is 0.277 e. The van der Waals surface area contributed by atoms with E-state index < -0.39 is 11.3 Å². The van der Waals surface area contributed by atoms with Gasteiger partial charge in [0.05, 0.1) is 10.5 Å². The quantitative estimate of drug-likeness (QED) is 0.586. The highest BCUT2D eigenvalue weighted by Crippen LogP contribution is 2.34. The molecule has 2 aromatic rings. The lowest BCUT2D eigenvalue weighted by Crippen LogP contribution is -1.97. The summed E-state index contributed by atoms with van der Waals surface area (Å²) in [6.45, 7) is 0. The molecule has 3 rings (SSSR count). The summed E-state index contributed by atoms with van der Waals surface area (Å²) in [4.78, 5) is 11.1. The van der Waals surface area contributed by atoms with Gasteiger partial charge < -0.3 is 0 Å². The van der Waals surface area contributed by atoms with Crippen molar-refractivity contribution in [3.05, 3.63) is 82.4 Å². The monoisotopic (exact) mass is 279 g/mol. The Bertz CT molecular complexity index is 811. The molecule has 1 aliphatic carbocycles. The van der Waals surface area contributed by atoms with Gasteiger partial charge in [-0.25, -0.2) is 0 Å². The Kier molecular flexibility index (Phi) is 3.02. The highest BCUT2D eigenvalue weighted by atomic mass is 16.6.